The lowest BCUT2D eigenvalue weighted by atomic mass is 9.95. The predicted octanol–water partition coefficient (Wildman–Crippen LogP) is 2.52. The third-order valence-corrected chi connectivity index (χ3v) is 5.86. The van der Waals surface area contributed by atoms with Gasteiger partial charge in [0, 0.05) is 25.7 Å². The molecule has 0 unspecified atom stereocenters. The Balaban J connectivity index is 1.58. The van der Waals surface area contributed by atoms with Crippen LogP contribution < -0.4 is 5.32 Å². The number of imidazole rings is 1. The van der Waals surface area contributed by atoms with E-state index in [4.69, 9.17) is 0 Å². The van der Waals surface area contributed by atoms with Crippen LogP contribution in [-0.4, -0.2) is 45.4 Å². The van der Waals surface area contributed by atoms with Crippen LogP contribution in [0.2, 0.25) is 0 Å². The monoisotopic (exact) mass is 344 g/mol. The first-order valence-corrected chi connectivity index (χ1v) is 9.93. The molecule has 3 heterocycles. The molecule has 1 saturated carbocycles. The molecular weight excluding hydrogens is 316 g/mol. The van der Waals surface area contributed by atoms with E-state index >= 15 is 0 Å². The molecular formula is C19H28N4O2. The van der Waals surface area contributed by atoms with Crippen LogP contribution in [0, 0.1) is 0 Å². The number of fused-ring (bicyclic) bond motifs is 1. The minimum Gasteiger partial charge on any atom is -0.348 e. The third-order valence-electron chi connectivity index (χ3n) is 5.86. The summed E-state index contributed by atoms with van der Waals surface area (Å²) in [5.41, 5.74) is 1.45. The average Bonchev–Trinajstić information content (AvgIpc) is 3.30. The number of carbonyl (C=O) groups is 2. The molecule has 6 nitrogen and oxygen atoms in total. The number of hydrogen-bond donors (Lipinski definition) is 1. The van der Waals surface area contributed by atoms with Crippen LogP contribution in [0.4, 0.5) is 0 Å². The summed E-state index contributed by atoms with van der Waals surface area (Å²) in [4.78, 5) is 32.1. The van der Waals surface area contributed by atoms with E-state index in [-0.39, 0.29) is 17.9 Å². The molecule has 0 radical (unpaired) electrons. The van der Waals surface area contributed by atoms with Gasteiger partial charge < -0.3 is 14.8 Å². The predicted molar refractivity (Wildman–Crippen MR) is 94.6 cm³/mol. The second-order valence-corrected chi connectivity index (χ2v) is 7.65. The van der Waals surface area contributed by atoms with E-state index in [1.807, 2.05) is 9.47 Å². The van der Waals surface area contributed by atoms with Gasteiger partial charge in [0.05, 0.1) is 5.69 Å². The molecule has 1 aromatic rings. The van der Waals surface area contributed by atoms with Crippen molar-refractivity contribution < 1.29 is 9.59 Å². The molecule has 3 aliphatic rings. The van der Waals surface area contributed by atoms with Crippen molar-refractivity contribution in [2.24, 2.45) is 0 Å². The van der Waals surface area contributed by atoms with Gasteiger partial charge in [-0.1, -0.05) is 19.3 Å². The van der Waals surface area contributed by atoms with E-state index in [0.717, 1.165) is 70.3 Å². The van der Waals surface area contributed by atoms with Crippen LogP contribution >= 0.6 is 0 Å². The maximum Gasteiger partial charge on any atom is 0.289 e. The van der Waals surface area contributed by atoms with Gasteiger partial charge in [0.2, 0.25) is 0 Å². The van der Waals surface area contributed by atoms with E-state index in [2.05, 4.69) is 10.3 Å². The Labute approximate surface area is 149 Å². The normalized spacial score (nSPS) is 21.2. The van der Waals surface area contributed by atoms with Crippen LogP contribution in [0.3, 0.4) is 0 Å². The van der Waals surface area contributed by atoms with Crippen molar-refractivity contribution in [3.8, 4) is 0 Å². The number of nitrogens with zero attached hydrogens (tertiary/aromatic N) is 3. The summed E-state index contributed by atoms with van der Waals surface area (Å²) in [5, 5.41) is 3.17. The van der Waals surface area contributed by atoms with Crippen molar-refractivity contribution in [3.63, 3.8) is 0 Å². The summed E-state index contributed by atoms with van der Waals surface area (Å²) < 4.78 is 2.01. The van der Waals surface area contributed by atoms with E-state index in [9.17, 15) is 9.59 Å². The zero-order valence-corrected chi connectivity index (χ0v) is 14.9. The number of nitrogens with one attached hydrogen (secondary N) is 1. The lowest BCUT2D eigenvalue weighted by Gasteiger charge is -2.23. The van der Waals surface area contributed by atoms with Gasteiger partial charge in [-0.15, -0.1) is 0 Å². The van der Waals surface area contributed by atoms with Gasteiger partial charge in [-0.25, -0.2) is 4.98 Å². The van der Waals surface area contributed by atoms with E-state index in [1.165, 1.54) is 19.3 Å². The summed E-state index contributed by atoms with van der Waals surface area (Å²) in [6.45, 7) is 2.42. The first-order valence-electron chi connectivity index (χ1n) is 9.93. The number of carbonyl (C=O) groups excluding carboxylic acids is 2. The summed E-state index contributed by atoms with van der Waals surface area (Å²) in [7, 11) is 0. The molecule has 6 heteroatoms. The largest absolute Gasteiger partial charge is 0.348 e. The number of aromatic nitrogens is 2. The molecule has 1 aliphatic carbocycles. The van der Waals surface area contributed by atoms with Crippen LogP contribution in [0.5, 0.6) is 0 Å². The molecule has 0 atom stereocenters. The summed E-state index contributed by atoms with van der Waals surface area (Å²) in [5.74, 6) is 0.390. The summed E-state index contributed by atoms with van der Waals surface area (Å²) in [6, 6.07) is 0.264. The summed E-state index contributed by atoms with van der Waals surface area (Å²) in [6.07, 6.45) is 10.8. The first kappa shape index (κ1) is 16.6. The van der Waals surface area contributed by atoms with Gasteiger partial charge in [-0.3, -0.25) is 9.59 Å². The number of hydrogen-bond acceptors (Lipinski definition) is 3. The van der Waals surface area contributed by atoms with E-state index in [0.29, 0.717) is 11.5 Å². The van der Waals surface area contributed by atoms with Crippen molar-refractivity contribution in [3.05, 3.63) is 17.2 Å². The highest BCUT2D eigenvalue weighted by Gasteiger charge is 2.31. The van der Waals surface area contributed by atoms with Crippen molar-refractivity contribution in [1.82, 2.24) is 19.8 Å². The second-order valence-electron chi connectivity index (χ2n) is 7.65. The Morgan fingerprint density at radius 1 is 0.920 bits per heavy atom. The Morgan fingerprint density at radius 3 is 2.40 bits per heavy atom. The zero-order valence-electron chi connectivity index (χ0n) is 14.9. The van der Waals surface area contributed by atoms with Crippen LogP contribution in [-0.2, 0) is 13.0 Å². The smallest absolute Gasteiger partial charge is 0.289 e. The second kappa shape index (κ2) is 7.18. The molecule has 25 heavy (non-hydrogen) atoms. The quantitative estimate of drug-likeness (QED) is 0.916. The summed E-state index contributed by atoms with van der Waals surface area (Å²) >= 11 is 0. The van der Waals surface area contributed by atoms with Crippen LogP contribution in [0.15, 0.2) is 0 Å². The van der Waals surface area contributed by atoms with Gasteiger partial charge in [-0.05, 0) is 44.9 Å². The van der Waals surface area contributed by atoms with Crippen molar-refractivity contribution in [2.75, 3.05) is 13.1 Å². The molecule has 0 aromatic carbocycles. The van der Waals surface area contributed by atoms with Gasteiger partial charge in [0.1, 0.15) is 5.69 Å². The average molecular weight is 344 g/mol. The van der Waals surface area contributed by atoms with Gasteiger partial charge in [0.25, 0.3) is 11.8 Å². The SMILES string of the molecule is O=C(NC1CCCCC1)c1nc(C(=O)N2CCCC2)n2c1CCCC2. The third kappa shape index (κ3) is 3.31. The van der Waals surface area contributed by atoms with Gasteiger partial charge >= 0.3 is 0 Å². The molecule has 2 amide bonds. The van der Waals surface area contributed by atoms with Crippen molar-refractivity contribution >= 4 is 11.8 Å². The van der Waals surface area contributed by atoms with Crippen molar-refractivity contribution in [1.29, 1.82) is 0 Å². The van der Waals surface area contributed by atoms with Crippen LogP contribution in [0.1, 0.15) is 84.6 Å². The lowest BCUT2D eigenvalue weighted by Crippen LogP contribution is -2.37. The fraction of sp³-hybridized carbons (Fsp3) is 0.737. The molecule has 0 spiro atoms. The Kier molecular flexibility index (Phi) is 4.77. The Hall–Kier alpha value is -1.85. The number of rotatable bonds is 3. The topological polar surface area (TPSA) is 67.2 Å². The molecule has 2 aliphatic heterocycles. The molecule has 0 bridgehead atoms. The fourth-order valence-electron chi connectivity index (χ4n) is 4.45. The molecule has 1 N–H and O–H groups in total. The van der Waals surface area contributed by atoms with E-state index in [1.54, 1.807) is 0 Å². The molecule has 2 fully saturated rings. The number of amides is 2. The highest BCUT2D eigenvalue weighted by atomic mass is 16.2. The van der Waals surface area contributed by atoms with Crippen LogP contribution in [0.25, 0.3) is 0 Å². The standard InChI is InChI=1S/C19H28N4O2/c24-18(20-14-8-2-1-3-9-14)16-15-10-4-5-13-23(15)17(21-16)19(25)22-11-6-7-12-22/h14H,1-13H2,(H,20,24). The van der Waals surface area contributed by atoms with Gasteiger partial charge in [0.15, 0.2) is 5.82 Å². The highest BCUT2D eigenvalue weighted by Crippen LogP contribution is 2.24. The van der Waals surface area contributed by atoms with Gasteiger partial charge in [-0.2, -0.15) is 0 Å². The Bertz CT molecular complexity index is 655. The first-order chi connectivity index (χ1) is 12.2. The van der Waals surface area contributed by atoms with Crippen molar-refractivity contribution in [2.45, 2.75) is 76.8 Å². The minimum atomic E-state index is -0.0852. The molecule has 1 aromatic heterocycles. The highest BCUT2D eigenvalue weighted by molar-refractivity contribution is 5.97. The Morgan fingerprint density at radius 2 is 1.64 bits per heavy atom. The molecule has 4 rings (SSSR count). The maximum atomic E-state index is 12.9. The molecule has 1 saturated heterocycles. The minimum absolute atomic E-state index is 0.00244. The van der Waals surface area contributed by atoms with E-state index < -0.39 is 0 Å². The lowest BCUT2D eigenvalue weighted by molar-refractivity contribution is 0.0774. The number of likely N-dealkylation sites (tertiary alicyclic amines) is 1. The molecule has 136 valence electrons. The maximum absolute atomic E-state index is 12.9. The fourth-order valence-corrected chi connectivity index (χ4v) is 4.45. The zero-order chi connectivity index (χ0) is 17.2.